The second kappa shape index (κ2) is 4.39. The molecule has 1 aromatic carbocycles. The van der Waals surface area contributed by atoms with Crippen molar-refractivity contribution >= 4 is 27.2 Å². The second-order valence-corrected chi connectivity index (χ2v) is 5.10. The van der Waals surface area contributed by atoms with Gasteiger partial charge in [-0.3, -0.25) is 0 Å². The van der Waals surface area contributed by atoms with E-state index in [1.807, 2.05) is 5.51 Å². The van der Waals surface area contributed by atoms with Crippen LogP contribution in [0.25, 0.3) is 10.2 Å². The largest absolute Gasteiger partial charge is 0.383 e. The molecule has 0 bridgehead atoms. The van der Waals surface area contributed by atoms with Crippen molar-refractivity contribution in [2.75, 3.05) is 18.4 Å². The van der Waals surface area contributed by atoms with Crippen molar-refractivity contribution in [2.24, 2.45) is 0 Å². The van der Waals surface area contributed by atoms with Crippen molar-refractivity contribution in [2.45, 2.75) is 18.9 Å². The van der Waals surface area contributed by atoms with E-state index in [4.69, 9.17) is 0 Å². The number of nitrogens with zero attached hydrogens (tertiary/aromatic N) is 1. The summed E-state index contributed by atoms with van der Waals surface area (Å²) in [5.41, 5.74) is 4.19. The first kappa shape index (κ1) is 10.1. The van der Waals surface area contributed by atoms with E-state index in [9.17, 15) is 0 Å². The van der Waals surface area contributed by atoms with Crippen LogP contribution in [0.1, 0.15) is 12.8 Å². The lowest BCUT2D eigenvalue weighted by atomic mass is 10.2. The zero-order chi connectivity index (χ0) is 10.8. The molecule has 2 heterocycles. The molecule has 1 fully saturated rings. The summed E-state index contributed by atoms with van der Waals surface area (Å²) in [6.45, 7) is 2.19. The summed E-state index contributed by atoms with van der Waals surface area (Å²) in [5.74, 6) is 0. The van der Waals surface area contributed by atoms with E-state index in [0.29, 0.717) is 6.04 Å². The van der Waals surface area contributed by atoms with Gasteiger partial charge in [-0.15, -0.1) is 11.3 Å². The fourth-order valence-electron chi connectivity index (χ4n) is 2.14. The molecule has 1 saturated heterocycles. The van der Waals surface area contributed by atoms with Gasteiger partial charge in [-0.2, -0.15) is 0 Å². The van der Waals surface area contributed by atoms with Gasteiger partial charge in [0.2, 0.25) is 0 Å². The van der Waals surface area contributed by atoms with E-state index < -0.39 is 0 Å². The van der Waals surface area contributed by atoms with Gasteiger partial charge in [-0.25, -0.2) is 4.98 Å². The van der Waals surface area contributed by atoms with Crippen LogP contribution in [0.15, 0.2) is 23.7 Å². The van der Waals surface area contributed by atoms with Crippen LogP contribution < -0.4 is 10.6 Å². The third kappa shape index (κ3) is 2.03. The van der Waals surface area contributed by atoms with Gasteiger partial charge < -0.3 is 10.6 Å². The van der Waals surface area contributed by atoms with Crippen LogP contribution in [-0.2, 0) is 0 Å². The minimum Gasteiger partial charge on any atom is -0.383 e. The molecule has 1 aromatic heterocycles. The lowest BCUT2D eigenvalue weighted by Gasteiger charge is -2.12. The Labute approximate surface area is 98.9 Å². The number of benzene rings is 1. The number of aromatic nitrogens is 1. The summed E-state index contributed by atoms with van der Waals surface area (Å²) >= 11 is 1.69. The molecule has 1 atom stereocenters. The van der Waals surface area contributed by atoms with Gasteiger partial charge in [0.25, 0.3) is 0 Å². The van der Waals surface area contributed by atoms with Gasteiger partial charge in [-0.05, 0) is 37.6 Å². The Morgan fingerprint density at radius 3 is 3.38 bits per heavy atom. The highest BCUT2D eigenvalue weighted by atomic mass is 32.1. The van der Waals surface area contributed by atoms with Crippen LogP contribution in [0.2, 0.25) is 0 Å². The molecule has 1 aliphatic heterocycles. The Balaban J connectivity index is 1.68. The Hall–Kier alpha value is -1.13. The van der Waals surface area contributed by atoms with Gasteiger partial charge >= 0.3 is 0 Å². The molecule has 1 aliphatic rings. The van der Waals surface area contributed by atoms with Crippen molar-refractivity contribution in [1.29, 1.82) is 0 Å². The number of nitrogens with one attached hydrogen (secondary N) is 2. The molecule has 0 saturated carbocycles. The molecule has 84 valence electrons. The molecule has 0 radical (unpaired) electrons. The van der Waals surface area contributed by atoms with Gasteiger partial charge in [0.15, 0.2) is 0 Å². The van der Waals surface area contributed by atoms with Crippen molar-refractivity contribution in [3.63, 3.8) is 0 Å². The Bertz CT molecular complexity index is 474. The topological polar surface area (TPSA) is 37.0 Å². The number of hydrogen-bond donors (Lipinski definition) is 2. The number of hydrogen-bond acceptors (Lipinski definition) is 4. The Kier molecular flexibility index (Phi) is 2.76. The minimum absolute atomic E-state index is 0.636. The van der Waals surface area contributed by atoms with Gasteiger partial charge in [0.05, 0.1) is 15.7 Å². The first-order valence-corrected chi connectivity index (χ1v) is 6.60. The van der Waals surface area contributed by atoms with Gasteiger partial charge in [0.1, 0.15) is 0 Å². The fourth-order valence-corrected chi connectivity index (χ4v) is 2.85. The predicted molar refractivity (Wildman–Crippen MR) is 69.1 cm³/mol. The predicted octanol–water partition coefficient (Wildman–Crippen LogP) is 2.46. The molecule has 0 spiro atoms. The molecule has 1 unspecified atom stereocenters. The third-order valence-electron chi connectivity index (χ3n) is 3.05. The molecule has 2 N–H and O–H groups in total. The molecule has 3 nitrogen and oxygen atoms in total. The molecule has 2 aromatic rings. The third-order valence-corrected chi connectivity index (χ3v) is 3.84. The minimum atomic E-state index is 0.636. The van der Waals surface area contributed by atoms with Gasteiger partial charge in [0, 0.05) is 18.3 Å². The first-order valence-electron chi connectivity index (χ1n) is 5.72. The van der Waals surface area contributed by atoms with Crippen molar-refractivity contribution < 1.29 is 0 Å². The highest BCUT2D eigenvalue weighted by molar-refractivity contribution is 7.16. The molecule has 4 heteroatoms. The standard InChI is InChI=1S/C12H15N3S/c1-2-10(13-5-1)7-14-9-3-4-11-12(6-9)16-8-15-11/h3-4,6,8,10,13-14H,1-2,5,7H2. The zero-order valence-electron chi connectivity index (χ0n) is 9.07. The first-order chi connectivity index (χ1) is 7.92. The van der Waals surface area contributed by atoms with Crippen LogP contribution in [0.4, 0.5) is 5.69 Å². The highest BCUT2D eigenvalue weighted by Gasteiger charge is 2.13. The lowest BCUT2D eigenvalue weighted by Crippen LogP contribution is -2.29. The molecule has 3 rings (SSSR count). The van der Waals surface area contributed by atoms with Crippen molar-refractivity contribution in [3.05, 3.63) is 23.7 Å². The average molecular weight is 233 g/mol. The maximum absolute atomic E-state index is 4.28. The normalized spacial score (nSPS) is 20.4. The Morgan fingerprint density at radius 1 is 1.50 bits per heavy atom. The van der Waals surface area contributed by atoms with Crippen LogP contribution in [0, 0.1) is 0 Å². The smallest absolute Gasteiger partial charge is 0.0813 e. The van der Waals surface area contributed by atoms with Crippen LogP contribution in [0.5, 0.6) is 0 Å². The highest BCUT2D eigenvalue weighted by Crippen LogP contribution is 2.21. The summed E-state index contributed by atoms with van der Waals surface area (Å²) in [6, 6.07) is 7.01. The van der Waals surface area contributed by atoms with Gasteiger partial charge in [-0.1, -0.05) is 0 Å². The number of thiazole rings is 1. The number of anilines is 1. The Morgan fingerprint density at radius 2 is 2.50 bits per heavy atom. The summed E-state index contributed by atoms with van der Waals surface area (Å²) in [5, 5.41) is 6.97. The lowest BCUT2D eigenvalue weighted by molar-refractivity contribution is 0.633. The monoisotopic (exact) mass is 233 g/mol. The molecule has 0 aliphatic carbocycles. The van der Waals surface area contributed by atoms with E-state index >= 15 is 0 Å². The number of rotatable bonds is 3. The van der Waals surface area contributed by atoms with E-state index in [-0.39, 0.29) is 0 Å². The van der Waals surface area contributed by atoms with E-state index in [1.165, 1.54) is 29.8 Å². The summed E-state index contributed by atoms with van der Waals surface area (Å²) in [4.78, 5) is 4.28. The molecular formula is C12H15N3S. The van der Waals surface area contributed by atoms with Crippen LogP contribution >= 0.6 is 11.3 Å². The van der Waals surface area contributed by atoms with E-state index in [2.05, 4.69) is 33.8 Å². The summed E-state index contributed by atoms with van der Waals surface area (Å²) < 4.78 is 1.25. The SMILES string of the molecule is c1nc2ccc(NCC3CCCN3)cc2s1. The summed E-state index contributed by atoms with van der Waals surface area (Å²) in [6.07, 6.45) is 2.59. The van der Waals surface area contributed by atoms with E-state index in [0.717, 1.165) is 12.1 Å². The summed E-state index contributed by atoms with van der Waals surface area (Å²) in [7, 11) is 0. The quantitative estimate of drug-likeness (QED) is 0.855. The molecule has 16 heavy (non-hydrogen) atoms. The van der Waals surface area contributed by atoms with Crippen molar-refractivity contribution in [3.8, 4) is 0 Å². The second-order valence-electron chi connectivity index (χ2n) is 4.21. The van der Waals surface area contributed by atoms with Crippen LogP contribution in [-0.4, -0.2) is 24.1 Å². The van der Waals surface area contributed by atoms with Crippen molar-refractivity contribution in [1.82, 2.24) is 10.3 Å². The molecular weight excluding hydrogens is 218 g/mol. The fraction of sp³-hybridized carbons (Fsp3) is 0.417. The molecule has 0 amide bonds. The van der Waals surface area contributed by atoms with Crippen LogP contribution in [0.3, 0.4) is 0 Å². The van der Waals surface area contributed by atoms with E-state index in [1.54, 1.807) is 11.3 Å². The maximum atomic E-state index is 4.28. The number of fused-ring (bicyclic) bond motifs is 1. The zero-order valence-corrected chi connectivity index (χ0v) is 9.89. The maximum Gasteiger partial charge on any atom is 0.0813 e. The average Bonchev–Trinajstić information content (AvgIpc) is 2.97.